The number of nitrogens with one attached hydrogen (secondary N) is 1. The topological polar surface area (TPSA) is 29.1 Å². The Hall–Kier alpha value is -1.02. The van der Waals surface area contributed by atoms with Crippen molar-refractivity contribution in [2.24, 2.45) is 0 Å². The molecule has 0 fully saturated rings. The fraction of sp³-hybridized carbons (Fsp3) is 0.462. The van der Waals surface area contributed by atoms with E-state index in [1.165, 1.54) is 0 Å². The molecule has 0 saturated carbocycles. The second kappa shape index (κ2) is 5.35. The number of alkyl halides is 1. The molecular weight excluding hydrogens is 222 g/mol. The zero-order valence-electron chi connectivity index (χ0n) is 10.0. The second-order valence-corrected chi connectivity index (χ2v) is 4.75. The molecule has 0 aliphatic carbocycles. The van der Waals surface area contributed by atoms with Crippen molar-refractivity contribution in [2.75, 3.05) is 5.88 Å². The molecular formula is C13H18ClNO. The minimum atomic E-state index is -0.376. The number of amides is 1. The van der Waals surface area contributed by atoms with E-state index in [9.17, 15) is 4.79 Å². The van der Waals surface area contributed by atoms with E-state index in [1.807, 2.05) is 45.0 Å². The maximum absolute atomic E-state index is 12.0. The van der Waals surface area contributed by atoms with Crippen LogP contribution in [0.1, 0.15) is 36.7 Å². The van der Waals surface area contributed by atoms with Crippen molar-refractivity contribution in [2.45, 2.75) is 32.7 Å². The lowest BCUT2D eigenvalue weighted by Gasteiger charge is -2.23. The Morgan fingerprint density at radius 2 is 2.00 bits per heavy atom. The normalized spacial score (nSPS) is 11.2. The number of halogens is 1. The minimum absolute atomic E-state index is 0.0527. The van der Waals surface area contributed by atoms with Gasteiger partial charge >= 0.3 is 0 Å². The van der Waals surface area contributed by atoms with Crippen LogP contribution in [0.3, 0.4) is 0 Å². The largest absolute Gasteiger partial charge is 0.346 e. The third kappa shape index (κ3) is 3.24. The SMILES string of the molecule is CCc1ccccc1C(=O)NC(C)(C)CCl. The molecule has 0 spiro atoms. The number of carbonyl (C=O) groups is 1. The number of carbonyl (C=O) groups excluding carboxylic acids is 1. The molecule has 0 bridgehead atoms. The molecule has 0 unspecified atom stereocenters. The van der Waals surface area contributed by atoms with Crippen LogP contribution >= 0.6 is 11.6 Å². The van der Waals surface area contributed by atoms with Crippen molar-refractivity contribution in [3.05, 3.63) is 35.4 Å². The molecule has 1 aromatic carbocycles. The molecule has 1 rings (SSSR count). The van der Waals surface area contributed by atoms with Crippen LogP contribution in [0.2, 0.25) is 0 Å². The third-order valence-corrected chi connectivity index (χ3v) is 3.10. The number of aryl methyl sites for hydroxylation is 1. The van der Waals surface area contributed by atoms with Crippen molar-refractivity contribution in [3.8, 4) is 0 Å². The molecule has 0 aliphatic rings. The van der Waals surface area contributed by atoms with Gasteiger partial charge in [-0.05, 0) is 31.9 Å². The quantitative estimate of drug-likeness (QED) is 0.805. The molecule has 0 aliphatic heterocycles. The van der Waals surface area contributed by atoms with Gasteiger partial charge in [-0.1, -0.05) is 25.1 Å². The molecule has 1 N–H and O–H groups in total. The van der Waals surface area contributed by atoms with Gasteiger partial charge in [-0.15, -0.1) is 11.6 Å². The average molecular weight is 240 g/mol. The van der Waals surface area contributed by atoms with Gasteiger partial charge < -0.3 is 5.32 Å². The molecule has 1 amide bonds. The van der Waals surface area contributed by atoms with Gasteiger partial charge in [-0.2, -0.15) is 0 Å². The highest BCUT2D eigenvalue weighted by Gasteiger charge is 2.20. The summed E-state index contributed by atoms with van der Waals surface area (Å²) in [7, 11) is 0. The highest BCUT2D eigenvalue weighted by molar-refractivity contribution is 6.18. The fourth-order valence-corrected chi connectivity index (χ4v) is 1.53. The van der Waals surface area contributed by atoms with E-state index in [-0.39, 0.29) is 11.4 Å². The van der Waals surface area contributed by atoms with Gasteiger partial charge in [0, 0.05) is 17.0 Å². The standard InChI is InChI=1S/C13H18ClNO/c1-4-10-7-5-6-8-11(10)12(16)15-13(2,3)9-14/h5-8H,4,9H2,1-3H3,(H,15,16). The van der Waals surface area contributed by atoms with E-state index in [1.54, 1.807) is 0 Å². The molecule has 3 heteroatoms. The van der Waals surface area contributed by atoms with Crippen LogP contribution in [0.4, 0.5) is 0 Å². The first-order valence-electron chi connectivity index (χ1n) is 5.46. The van der Waals surface area contributed by atoms with Crippen molar-refractivity contribution in [3.63, 3.8) is 0 Å². The Balaban J connectivity index is 2.88. The summed E-state index contributed by atoms with van der Waals surface area (Å²) in [6.07, 6.45) is 0.852. The molecule has 0 atom stereocenters. The number of benzene rings is 1. The van der Waals surface area contributed by atoms with E-state index >= 15 is 0 Å². The van der Waals surface area contributed by atoms with Gasteiger partial charge in [0.15, 0.2) is 0 Å². The Bertz CT molecular complexity index is 374. The molecule has 1 aromatic rings. The zero-order valence-corrected chi connectivity index (χ0v) is 10.8. The summed E-state index contributed by atoms with van der Waals surface area (Å²) in [5.41, 5.74) is 1.42. The molecule has 2 nitrogen and oxygen atoms in total. The van der Waals surface area contributed by atoms with Gasteiger partial charge in [0.05, 0.1) is 0 Å². The molecule has 0 heterocycles. The highest BCUT2D eigenvalue weighted by atomic mass is 35.5. The van der Waals surface area contributed by atoms with Gasteiger partial charge in [0.1, 0.15) is 0 Å². The molecule has 0 aromatic heterocycles. The number of hydrogen-bond acceptors (Lipinski definition) is 1. The smallest absolute Gasteiger partial charge is 0.252 e. The summed E-state index contributed by atoms with van der Waals surface area (Å²) in [6.45, 7) is 5.86. The third-order valence-electron chi connectivity index (χ3n) is 2.43. The lowest BCUT2D eigenvalue weighted by molar-refractivity contribution is 0.0919. The first kappa shape index (κ1) is 13.0. The summed E-state index contributed by atoms with van der Waals surface area (Å²) < 4.78 is 0. The molecule has 16 heavy (non-hydrogen) atoms. The summed E-state index contributed by atoms with van der Waals surface area (Å²) in [6, 6.07) is 7.64. The van der Waals surface area contributed by atoms with E-state index in [4.69, 9.17) is 11.6 Å². The van der Waals surface area contributed by atoms with E-state index < -0.39 is 0 Å². The van der Waals surface area contributed by atoms with Crippen LogP contribution in [0, 0.1) is 0 Å². The predicted molar refractivity (Wildman–Crippen MR) is 68.1 cm³/mol. The fourth-order valence-electron chi connectivity index (χ4n) is 1.46. The second-order valence-electron chi connectivity index (χ2n) is 4.48. The Labute approximate surface area is 102 Å². The molecule has 0 saturated heterocycles. The van der Waals surface area contributed by atoms with Crippen LogP contribution in [-0.4, -0.2) is 17.3 Å². The first-order chi connectivity index (χ1) is 7.50. The molecule has 0 radical (unpaired) electrons. The maximum Gasteiger partial charge on any atom is 0.252 e. The summed E-state index contributed by atoms with van der Waals surface area (Å²) in [5, 5.41) is 2.93. The van der Waals surface area contributed by atoms with Gasteiger partial charge in [0.25, 0.3) is 5.91 Å². The van der Waals surface area contributed by atoms with Crippen LogP contribution in [0.15, 0.2) is 24.3 Å². The Morgan fingerprint density at radius 3 is 2.56 bits per heavy atom. The Kier molecular flexibility index (Phi) is 4.36. The summed E-state index contributed by atoms with van der Waals surface area (Å²) in [5.74, 6) is 0.343. The van der Waals surface area contributed by atoms with Crippen LogP contribution < -0.4 is 5.32 Å². The minimum Gasteiger partial charge on any atom is -0.346 e. The first-order valence-corrected chi connectivity index (χ1v) is 6.00. The lowest BCUT2D eigenvalue weighted by Crippen LogP contribution is -2.45. The van der Waals surface area contributed by atoms with Crippen molar-refractivity contribution in [1.82, 2.24) is 5.32 Å². The van der Waals surface area contributed by atoms with Crippen molar-refractivity contribution in [1.29, 1.82) is 0 Å². The van der Waals surface area contributed by atoms with Gasteiger partial charge in [-0.25, -0.2) is 0 Å². The monoisotopic (exact) mass is 239 g/mol. The van der Waals surface area contributed by atoms with Crippen LogP contribution in [0.5, 0.6) is 0 Å². The zero-order chi connectivity index (χ0) is 12.2. The molecule has 88 valence electrons. The van der Waals surface area contributed by atoms with Crippen molar-refractivity contribution < 1.29 is 4.79 Å². The van der Waals surface area contributed by atoms with E-state index in [2.05, 4.69) is 5.32 Å². The number of rotatable bonds is 4. The average Bonchev–Trinajstić information content (AvgIpc) is 2.28. The highest BCUT2D eigenvalue weighted by Crippen LogP contribution is 2.12. The van der Waals surface area contributed by atoms with Crippen LogP contribution in [0.25, 0.3) is 0 Å². The summed E-state index contributed by atoms with van der Waals surface area (Å²) >= 11 is 5.78. The Morgan fingerprint density at radius 1 is 1.38 bits per heavy atom. The number of hydrogen-bond donors (Lipinski definition) is 1. The van der Waals surface area contributed by atoms with Gasteiger partial charge in [-0.3, -0.25) is 4.79 Å². The van der Waals surface area contributed by atoms with Gasteiger partial charge in [0.2, 0.25) is 0 Å². The van der Waals surface area contributed by atoms with E-state index in [0.29, 0.717) is 5.88 Å². The van der Waals surface area contributed by atoms with Crippen LogP contribution in [-0.2, 0) is 6.42 Å². The van der Waals surface area contributed by atoms with E-state index in [0.717, 1.165) is 17.5 Å². The van der Waals surface area contributed by atoms with Crippen molar-refractivity contribution >= 4 is 17.5 Å². The predicted octanol–water partition coefficient (Wildman–Crippen LogP) is 3.00. The maximum atomic E-state index is 12.0. The lowest BCUT2D eigenvalue weighted by atomic mass is 10.0. The summed E-state index contributed by atoms with van der Waals surface area (Å²) in [4.78, 5) is 12.0.